The molecule has 1 fully saturated rings. The number of likely N-dealkylation sites (tertiary alicyclic amines) is 1. The molecule has 0 spiro atoms. The molecular weight excluding hydrogens is 406 g/mol. The van der Waals surface area contributed by atoms with Gasteiger partial charge in [-0.1, -0.05) is 12.6 Å². The van der Waals surface area contributed by atoms with Gasteiger partial charge in [-0.15, -0.1) is 0 Å². The number of rotatable bonds is 10. The monoisotopic (exact) mass is 439 g/mol. The van der Waals surface area contributed by atoms with E-state index in [0.29, 0.717) is 35.6 Å². The summed E-state index contributed by atoms with van der Waals surface area (Å²) < 4.78 is 12.1. The third-order valence-corrected chi connectivity index (χ3v) is 5.80. The predicted molar refractivity (Wildman–Crippen MR) is 127 cm³/mol. The smallest absolute Gasteiger partial charge is 0.251 e. The molecule has 3 N–H and O–H groups in total. The van der Waals surface area contributed by atoms with E-state index in [1.54, 1.807) is 37.0 Å². The Labute approximate surface area is 189 Å². The lowest BCUT2D eigenvalue weighted by Gasteiger charge is -2.32. The summed E-state index contributed by atoms with van der Waals surface area (Å²) in [6.45, 7) is 7.85. The first kappa shape index (κ1) is 23.6. The Bertz CT molecular complexity index is 976. The summed E-state index contributed by atoms with van der Waals surface area (Å²) in [5.41, 5.74) is 8.40. The van der Waals surface area contributed by atoms with Crippen LogP contribution >= 0.6 is 0 Å². The van der Waals surface area contributed by atoms with Crippen LogP contribution in [0.1, 0.15) is 24.1 Å². The summed E-state index contributed by atoms with van der Waals surface area (Å²) in [5, 5.41) is 3.62. The predicted octanol–water partition coefficient (Wildman–Crippen LogP) is 2.26. The minimum Gasteiger partial charge on any atom is -0.497 e. The van der Waals surface area contributed by atoms with Gasteiger partial charge in [0.15, 0.2) is 0 Å². The Morgan fingerprint density at radius 3 is 2.66 bits per heavy atom. The second kappa shape index (κ2) is 11.5. The van der Waals surface area contributed by atoms with Gasteiger partial charge in [-0.05, 0) is 43.6 Å². The highest BCUT2D eigenvalue weighted by molar-refractivity contribution is 5.63. The minimum absolute atomic E-state index is 0.0744. The van der Waals surface area contributed by atoms with E-state index in [9.17, 15) is 4.79 Å². The number of nitrogen functional groups attached to an aromatic ring is 1. The zero-order chi connectivity index (χ0) is 22.9. The van der Waals surface area contributed by atoms with E-state index in [1.165, 1.54) is 6.07 Å². The third kappa shape index (κ3) is 6.21. The van der Waals surface area contributed by atoms with Crippen LogP contribution in [0.15, 0.2) is 53.7 Å². The van der Waals surface area contributed by atoms with Crippen LogP contribution in [0.4, 0.5) is 5.69 Å². The number of ether oxygens (including phenoxy) is 2. The Hall–Kier alpha value is -3.10. The quantitative estimate of drug-likeness (QED) is 0.433. The number of pyridine rings is 2. The van der Waals surface area contributed by atoms with E-state index in [-0.39, 0.29) is 5.56 Å². The number of aromatic nitrogens is 2. The molecule has 0 bridgehead atoms. The first-order chi connectivity index (χ1) is 15.5. The average molecular weight is 440 g/mol. The molecule has 2 aromatic heterocycles. The fraction of sp³-hybridized carbons (Fsp3) is 0.417. The maximum Gasteiger partial charge on any atom is 0.251 e. The molecule has 32 heavy (non-hydrogen) atoms. The van der Waals surface area contributed by atoms with Crippen molar-refractivity contribution in [1.82, 2.24) is 19.8 Å². The van der Waals surface area contributed by atoms with Crippen molar-refractivity contribution in [3.63, 3.8) is 0 Å². The fourth-order valence-corrected chi connectivity index (χ4v) is 3.84. The van der Waals surface area contributed by atoms with E-state index in [0.717, 1.165) is 44.6 Å². The molecule has 0 unspecified atom stereocenters. The molecule has 0 atom stereocenters. The molecule has 3 heterocycles. The second-order valence-corrected chi connectivity index (χ2v) is 7.82. The number of nitrogens with two attached hydrogens (primary N) is 1. The van der Waals surface area contributed by atoms with Crippen LogP contribution in [0.25, 0.3) is 6.08 Å². The molecule has 8 nitrogen and oxygen atoms in total. The standard InChI is InChI=1S/C24H33N5O3/c1-4-20(31-2)15-22-21(25)6-8-24(30)29(22)14-13-28-11-9-19(10-12-28)26-16-18-5-7-23(32-3)27-17-18/h4-8,15,17,19,26H,1,9-14,16,25H2,2-3H3/b20-15+. The molecule has 0 radical (unpaired) electrons. The van der Waals surface area contributed by atoms with Gasteiger partial charge >= 0.3 is 0 Å². The van der Waals surface area contributed by atoms with Crippen molar-refractivity contribution in [2.45, 2.75) is 32.0 Å². The van der Waals surface area contributed by atoms with Crippen molar-refractivity contribution in [3.05, 3.63) is 70.5 Å². The van der Waals surface area contributed by atoms with Crippen molar-refractivity contribution < 1.29 is 9.47 Å². The average Bonchev–Trinajstić information content (AvgIpc) is 2.83. The largest absolute Gasteiger partial charge is 0.497 e. The molecule has 0 amide bonds. The number of hydrogen-bond donors (Lipinski definition) is 2. The van der Waals surface area contributed by atoms with E-state index in [2.05, 4.69) is 21.8 Å². The third-order valence-electron chi connectivity index (χ3n) is 5.80. The molecule has 172 valence electrons. The maximum atomic E-state index is 12.5. The molecule has 1 aliphatic heterocycles. The molecule has 2 aromatic rings. The molecule has 1 saturated heterocycles. The first-order valence-electron chi connectivity index (χ1n) is 10.9. The van der Waals surface area contributed by atoms with Gasteiger partial charge in [0.1, 0.15) is 5.76 Å². The van der Waals surface area contributed by atoms with E-state index < -0.39 is 0 Å². The molecule has 8 heteroatoms. The van der Waals surface area contributed by atoms with E-state index in [1.807, 2.05) is 18.3 Å². The summed E-state index contributed by atoms with van der Waals surface area (Å²) in [7, 11) is 3.19. The molecule has 1 aliphatic rings. The van der Waals surface area contributed by atoms with Gasteiger partial charge in [-0.3, -0.25) is 4.79 Å². The van der Waals surface area contributed by atoms with Gasteiger partial charge in [0.25, 0.3) is 5.56 Å². The Morgan fingerprint density at radius 2 is 2.03 bits per heavy atom. The number of nitrogens with zero attached hydrogens (tertiary/aromatic N) is 3. The lowest BCUT2D eigenvalue weighted by atomic mass is 10.0. The van der Waals surface area contributed by atoms with Crippen LogP contribution in [0.5, 0.6) is 5.88 Å². The van der Waals surface area contributed by atoms with Crippen molar-refractivity contribution in [1.29, 1.82) is 0 Å². The van der Waals surface area contributed by atoms with Gasteiger partial charge in [0.2, 0.25) is 5.88 Å². The van der Waals surface area contributed by atoms with Crippen molar-refractivity contribution in [2.24, 2.45) is 0 Å². The topological polar surface area (TPSA) is 94.6 Å². The second-order valence-electron chi connectivity index (χ2n) is 7.82. The number of piperidine rings is 1. The van der Waals surface area contributed by atoms with Crippen molar-refractivity contribution in [3.8, 4) is 5.88 Å². The molecule has 0 aromatic carbocycles. The SMILES string of the molecule is C=C/C(=C\c1c(N)ccc(=O)n1CCN1CCC(NCc2ccc(OC)nc2)CC1)OC. The van der Waals surface area contributed by atoms with Crippen LogP contribution < -0.4 is 21.3 Å². The van der Waals surface area contributed by atoms with Gasteiger partial charge in [0, 0.05) is 50.1 Å². The lowest BCUT2D eigenvalue weighted by molar-refractivity contribution is 0.190. The van der Waals surface area contributed by atoms with E-state index >= 15 is 0 Å². The zero-order valence-electron chi connectivity index (χ0n) is 18.9. The van der Waals surface area contributed by atoms with Crippen LogP contribution in [0.2, 0.25) is 0 Å². The highest BCUT2D eigenvalue weighted by atomic mass is 16.5. The Balaban J connectivity index is 1.52. The highest BCUT2D eigenvalue weighted by Gasteiger charge is 2.19. The molecule has 3 rings (SSSR count). The Morgan fingerprint density at radius 1 is 1.25 bits per heavy atom. The Kier molecular flexibility index (Phi) is 8.47. The molecule has 0 saturated carbocycles. The summed E-state index contributed by atoms with van der Waals surface area (Å²) in [6.07, 6.45) is 7.32. The number of anilines is 1. The van der Waals surface area contributed by atoms with Gasteiger partial charge < -0.3 is 30.0 Å². The van der Waals surface area contributed by atoms with Crippen LogP contribution in [0.3, 0.4) is 0 Å². The van der Waals surface area contributed by atoms with Gasteiger partial charge in [0.05, 0.1) is 25.6 Å². The normalized spacial score (nSPS) is 15.5. The summed E-state index contributed by atoms with van der Waals surface area (Å²) in [5.74, 6) is 1.19. The van der Waals surface area contributed by atoms with Crippen LogP contribution in [0, 0.1) is 0 Å². The van der Waals surface area contributed by atoms with Crippen molar-refractivity contribution >= 4 is 11.8 Å². The van der Waals surface area contributed by atoms with Gasteiger partial charge in [-0.25, -0.2) is 4.98 Å². The van der Waals surface area contributed by atoms with Gasteiger partial charge in [-0.2, -0.15) is 0 Å². The van der Waals surface area contributed by atoms with Crippen LogP contribution in [-0.2, 0) is 17.8 Å². The summed E-state index contributed by atoms with van der Waals surface area (Å²) >= 11 is 0. The minimum atomic E-state index is -0.0744. The first-order valence-corrected chi connectivity index (χ1v) is 10.9. The van der Waals surface area contributed by atoms with E-state index in [4.69, 9.17) is 15.2 Å². The lowest BCUT2D eigenvalue weighted by Crippen LogP contribution is -2.43. The number of allylic oxidation sites excluding steroid dienone is 1. The summed E-state index contributed by atoms with van der Waals surface area (Å²) in [6, 6.07) is 7.53. The number of nitrogens with one attached hydrogen (secondary N) is 1. The number of hydrogen-bond acceptors (Lipinski definition) is 7. The fourth-order valence-electron chi connectivity index (χ4n) is 3.84. The molecule has 0 aliphatic carbocycles. The zero-order valence-corrected chi connectivity index (χ0v) is 18.9. The number of methoxy groups -OCH3 is 2. The molecular formula is C24H33N5O3. The highest BCUT2D eigenvalue weighted by Crippen LogP contribution is 2.16. The van der Waals surface area contributed by atoms with Crippen molar-refractivity contribution in [2.75, 3.05) is 39.6 Å². The van der Waals surface area contributed by atoms with Crippen LogP contribution in [-0.4, -0.2) is 54.3 Å². The maximum absolute atomic E-state index is 12.5. The summed E-state index contributed by atoms with van der Waals surface area (Å²) in [4.78, 5) is 19.1.